The average Bonchev–Trinajstić information content (AvgIpc) is 2.35. The van der Waals surface area contributed by atoms with Crippen molar-refractivity contribution in [2.75, 3.05) is 6.54 Å². The van der Waals surface area contributed by atoms with Gasteiger partial charge >= 0.3 is 0 Å². The van der Waals surface area contributed by atoms with E-state index in [0.29, 0.717) is 6.04 Å². The summed E-state index contributed by atoms with van der Waals surface area (Å²) < 4.78 is 32.1. The highest BCUT2D eigenvalue weighted by Crippen LogP contribution is 2.43. The van der Waals surface area contributed by atoms with E-state index in [1.165, 1.54) is 12.1 Å². The lowest BCUT2D eigenvalue weighted by Crippen LogP contribution is -2.62. The Kier molecular flexibility index (Phi) is 4.09. The molecule has 2 rings (SSSR count). The van der Waals surface area contributed by atoms with Gasteiger partial charge in [-0.05, 0) is 25.1 Å². The van der Waals surface area contributed by atoms with Gasteiger partial charge in [-0.2, -0.15) is 0 Å². The lowest BCUT2D eigenvalue weighted by atomic mass is 9.64. The standard InChI is InChI=1S/C15H21F2NO/c1-4-7-18-13-9-14(15(13,2)3)19-12-6-5-10(16)8-11(12)17/h5-6,8,13-14,18H,4,7,9H2,1-3H3. The monoisotopic (exact) mass is 269 g/mol. The van der Waals surface area contributed by atoms with Gasteiger partial charge in [0.05, 0.1) is 0 Å². The zero-order chi connectivity index (χ0) is 14.0. The first-order valence-corrected chi connectivity index (χ1v) is 6.80. The molecule has 1 saturated carbocycles. The number of ether oxygens (including phenoxy) is 1. The van der Waals surface area contributed by atoms with E-state index in [2.05, 4.69) is 26.1 Å². The number of halogens is 2. The Labute approximate surface area is 113 Å². The molecule has 0 spiro atoms. The predicted molar refractivity (Wildman–Crippen MR) is 71.3 cm³/mol. The number of benzene rings is 1. The molecular formula is C15H21F2NO. The smallest absolute Gasteiger partial charge is 0.167 e. The van der Waals surface area contributed by atoms with Crippen LogP contribution < -0.4 is 10.1 Å². The Bertz CT molecular complexity index is 448. The van der Waals surface area contributed by atoms with Gasteiger partial charge in [0.1, 0.15) is 11.9 Å². The van der Waals surface area contributed by atoms with E-state index < -0.39 is 11.6 Å². The van der Waals surface area contributed by atoms with Gasteiger partial charge in [0.25, 0.3) is 0 Å². The summed E-state index contributed by atoms with van der Waals surface area (Å²) in [5.74, 6) is -1.09. The largest absolute Gasteiger partial charge is 0.487 e. The zero-order valence-electron chi connectivity index (χ0n) is 11.7. The Balaban J connectivity index is 1.98. The van der Waals surface area contributed by atoms with Crippen molar-refractivity contribution in [3.8, 4) is 5.75 Å². The van der Waals surface area contributed by atoms with Crippen molar-refractivity contribution < 1.29 is 13.5 Å². The summed E-state index contributed by atoms with van der Waals surface area (Å²) in [5, 5.41) is 3.46. The summed E-state index contributed by atoms with van der Waals surface area (Å²) in [6.45, 7) is 7.32. The van der Waals surface area contributed by atoms with E-state index in [9.17, 15) is 8.78 Å². The first-order valence-electron chi connectivity index (χ1n) is 6.80. The van der Waals surface area contributed by atoms with E-state index in [0.717, 1.165) is 25.5 Å². The van der Waals surface area contributed by atoms with Gasteiger partial charge < -0.3 is 10.1 Å². The molecule has 4 heteroatoms. The molecule has 2 atom stereocenters. The van der Waals surface area contributed by atoms with E-state index in [-0.39, 0.29) is 17.3 Å². The van der Waals surface area contributed by atoms with Crippen LogP contribution in [0.5, 0.6) is 5.75 Å². The summed E-state index contributed by atoms with van der Waals surface area (Å²) in [7, 11) is 0. The molecule has 1 aromatic rings. The molecule has 0 amide bonds. The highest BCUT2D eigenvalue weighted by molar-refractivity contribution is 5.26. The molecule has 0 saturated heterocycles. The van der Waals surface area contributed by atoms with Crippen molar-refractivity contribution in [1.29, 1.82) is 0 Å². The Morgan fingerprint density at radius 3 is 2.68 bits per heavy atom. The normalized spacial score (nSPS) is 24.9. The molecule has 0 heterocycles. The van der Waals surface area contributed by atoms with E-state index in [1.54, 1.807) is 0 Å². The summed E-state index contributed by atoms with van der Waals surface area (Å²) in [4.78, 5) is 0. The number of rotatable bonds is 5. The molecule has 106 valence electrons. The van der Waals surface area contributed by atoms with Gasteiger partial charge in [-0.25, -0.2) is 8.78 Å². The molecule has 0 radical (unpaired) electrons. The fourth-order valence-corrected chi connectivity index (χ4v) is 2.47. The van der Waals surface area contributed by atoms with Crippen LogP contribution in [0.4, 0.5) is 8.78 Å². The Morgan fingerprint density at radius 2 is 2.11 bits per heavy atom. The van der Waals surface area contributed by atoms with Gasteiger partial charge in [0.2, 0.25) is 0 Å². The maximum atomic E-state index is 13.5. The maximum absolute atomic E-state index is 13.5. The summed E-state index contributed by atoms with van der Waals surface area (Å²) >= 11 is 0. The molecule has 0 aromatic heterocycles. The lowest BCUT2D eigenvalue weighted by molar-refractivity contribution is -0.0563. The van der Waals surface area contributed by atoms with Crippen LogP contribution in [0.25, 0.3) is 0 Å². The van der Waals surface area contributed by atoms with Crippen LogP contribution >= 0.6 is 0 Å². The minimum atomic E-state index is -0.638. The number of nitrogens with one attached hydrogen (secondary N) is 1. The van der Waals surface area contributed by atoms with Gasteiger partial charge in [-0.3, -0.25) is 0 Å². The van der Waals surface area contributed by atoms with Crippen LogP contribution in [0.2, 0.25) is 0 Å². The summed E-state index contributed by atoms with van der Waals surface area (Å²) in [6, 6.07) is 3.82. The second-order valence-electron chi connectivity index (χ2n) is 5.75. The van der Waals surface area contributed by atoms with Crippen molar-refractivity contribution in [2.45, 2.75) is 45.8 Å². The highest BCUT2D eigenvalue weighted by Gasteiger charge is 2.49. The molecular weight excluding hydrogens is 248 g/mol. The van der Waals surface area contributed by atoms with Crippen LogP contribution in [0.3, 0.4) is 0 Å². The quantitative estimate of drug-likeness (QED) is 0.883. The molecule has 0 aliphatic heterocycles. The molecule has 1 N–H and O–H groups in total. The SMILES string of the molecule is CCCNC1CC(Oc2ccc(F)cc2F)C1(C)C. The van der Waals surface area contributed by atoms with Crippen molar-refractivity contribution in [3.05, 3.63) is 29.8 Å². The predicted octanol–water partition coefficient (Wildman–Crippen LogP) is 3.51. The molecule has 2 nitrogen and oxygen atoms in total. The molecule has 19 heavy (non-hydrogen) atoms. The maximum Gasteiger partial charge on any atom is 0.167 e. The molecule has 0 bridgehead atoms. The zero-order valence-corrected chi connectivity index (χ0v) is 11.7. The third kappa shape index (κ3) is 2.89. The second-order valence-corrected chi connectivity index (χ2v) is 5.75. The Morgan fingerprint density at radius 1 is 1.37 bits per heavy atom. The summed E-state index contributed by atoms with van der Waals surface area (Å²) in [5.41, 5.74) is -0.0456. The lowest BCUT2D eigenvalue weighted by Gasteiger charge is -2.51. The fourth-order valence-electron chi connectivity index (χ4n) is 2.47. The average molecular weight is 269 g/mol. The van der Waals surface area contributed by atoms with Crippen molar-refractivity contribution in [3.63, 3.8) is 0 Å². The molecule has 1 aliphatic carbocycles. The van der Waals surface area contributed by atoms with Crippen LogP contribution in [-0.2, 0) is 0 Å². The van der Waals surface area contributed by atoms with E-state index in [4.69, 9.17) is 4.74 Å². The first kappa shape index (κ1) is 14.3. The van der Waals surface area contributed by atoms with Crippen LogP contribution in [0.15, 0.2) is 18.2 Å². The minimum absolute atomic E-state index is 0.0400. The van der Waals surface area contributed by atoms with Crippen LogP contribution in [-0.4, -0.2) is 18.7 Å². The van der Waals surface area contributed by atoms with Crippen LogP contribution in [0.1, 0.15) is 33.6 Å². The van der Waals surface area contributed by atoms with E-state index in [1.807, 2.05) is 0 Å². The van der Waals surface area contributed by atoms with Gasteiger partial charge in [0.15, 0.2) is 11.6 Å². The highest BCUT2D eigenvalue weighted by atomic mass is 19.1. The Hall–Kier alpha value is -1.16. The van der Waals surface area contributed by atoms with E-state index >= 15 is 0 Å². The third-order valence-corrected chi connectivity index (χ3v) is 3.98. The third-order valence-electron chi connectivity index (χ3n) is 3.98. The molecule has 1 aromatic carbocycles. The van der Waals surface area contributed by atoms with Gasteiger partial charge in [0, 0.05) is 23.9 Å². The van der Waals surface area contributed by atoms with Crippen LogP contribution in [0, 0.1) is 17.0 Å². The summed E-state index contributed by atoms with van der Waals surface area (Å²) in [6.07, 6.45) is 1.90. The van der Waals surface area contributed by atoms with Crippen molar-refractivity contribution in [2.24, 2.45) is 5.41 Å². The molecule has 2 unspecified atom stereocenters. The minimum Gasteiger partial charge on any atom is -0.487 e. The number of hydrogen-bond donors (Lipinski definition) is 1. The van der Waals surface area contributed by atoms with Gasteiger partial charge in [-0.1, -0.05) is 20.8 Å². The van der Waals surface area contributed by atoms with Crippen molar-refractivity contribution >= 4 is 0 Å². The molecule has 1 fully saturated rings. The first-order chi connectivity index (χ1) is 8.95. The van der Waals surface area contributed by atoms with Gasteiger partial charge in [-0.15, -0.1) is 0 Å². The second kappa shape index (κ2) is 5.45. The number of hydrogen-bond acceptors (Lipinski definition) is 2. The topological polar surface area (TPSA) is 21.3 Å². The van der Waals surface area contributed by atoms with Crippen molar-refractivity contribution in [1.82, 2.24) is 5.32 Å². The molecule has 1 aliphatic rings. The fraction of sp³-hybridized carbons (Fsp3) is 0.600.